The van der Waals surface area contributed by atoms with Crippen molar-refractivity contribution in [3.05, 3.63) is 90.0 Å². The summed E-state index contributed by atoms with van der Waals surface area (Å²) in [7, 11) is -4.00. The molecule has 0 fully saturated rings. The van der Waals surface area contributed by atoms with Crippen LogP contribution >= 0.6 is 0 Å². The quantitative estimate of drug-likeness (QED) is 0.225. The van der Waals surface area contributed by atoms with Crippen LogP contribution in [0.1, 0.15) is 41.0 Å². The Kier molecular flexibility index (Phi) is 10.7. The van der Waals surface area contributed by atoms with Crippen LogP contribution in [0.25, 0.3) is 0 Å². The number of rotatable bonds is 14. The lowest BCUT2D eigenvalue weighted by Crippen LogP contribution is -2.49. The molecule has 41 heavy (non-hydrogen) atoms. The molecular weight excluding hydrogens is 550 g/mol. The first-order valence-corrected chi connectivity index (χ1v) is 14.2. The first-order chi connectivity index (χ1) is 19.4. The Morgan fingerprint density at radius 3 is 1.98 bits per heavy atom. The molecule has 3 rings (SSSR count). The highest BCUT2D eigenvalue weighted by atomic mass is 32.2. The Morgan fingerprint density at radius 2 is 1.39 bits per heavy atom. The average Bonchev–Trinajstić information content (AvgIpc) is 2.95. The van der Waals surface area contributed by atoms with Crippen LogP contribution in [0.2, 0.25) is 0 Å². The fourth-order valence-electron chi connectivity index (χ4n) is 3.65. The van der Waals surface area contributed by atoms with Gasteiger partial charge in [0.1, 0.15) is 17.5 Å². The summed E-state index contributed by atoms with van der Waals surface area (Å²) < 4.78 is 33.1. The van der Waals surface area contributed by atoms with Crippen LogP contribution in [-0.4, -0.2) is 56.2 Å². The molecule has 0 unspecified atom stereocenters. The highest BCUT2D eigenvalue weighted by Gasteiger charge is 2.24. The summed E-state index contributed by atoms with van der Waals surface area (Å²) in [6.45, 7) is 2.70. The molecule has 0 saturated heterocycles. The van der Waals surface area contributed by atoms with Gasteiger partial charge in [-0.15, -0.1) is 0 Å². The number of hydrogen-bond acceptors (Lipinski definition) is 7. The molecular formula is C29H31N3O8S. The van der Waals surface area contributed by atoms with Crippen molar-refractivity contribution in [2.45, 2.75) is 31.2 Å². The first-order valence-electron chi connectivity index (χ1n) is 12.7. The fraction of sp³-hybridized carbons (Fsp3) is 0.241. The molecule has 0 aromatic heterocycles. The van der Waals surface area contributed by atoms with Crippen LogP contribution in [0.15, 0.2) is 83.8 Å². The number of hydrogen-bond donors (Lipinski definition) is 4. The van der Waals surface area contributed by atoms with Gasteiger partial charge in [0, 0.05) is 5.56 Å². The molecule has 3 aromatic carbocycles. The lowest BCUT2D eigenvalue weighted by Gasteiger charge is -2.20. The molecule has 11 nitrogen and oxygen atoms in total. The monoisotopic (exact) mass is 581 g/mol. The predicted molar refractivity (Wildman–Crippen MR) is 150 cm³/mol. The SMILES string of the molecule is CC(C)C[C@H](NC(=O)c1ccc(C(=O)O)cc1)C(=O)NCC(=O)CNS(=O)(=O)c1ccc(Oc2ccccc2)cc1. The molecule has 0 heterocycles. The van der Waals surface area contributed by atoms with Crippen LogP contribution in [-0.2, 0) is 19.6 Å². The largest absolute Gasteiger partial charge is 0.478 e. The van der Waals surface area contributed by atoms with E-state index in [4.69, 9.17) is 9.84 Å². The maximum absolute atomic E-state index is 12.8. The van der Waals surface area contributed by atoms with E-state index < -0.39 is 52.7 Å². The zero-order chi connectivity index (χ0) is 30.0. The second-order valence-electron chi connectivity index (χ2n) is 9.51. The number of sulfonamides is 1. The van der Waals surface area contributed by atoms with Gasteiger partial charge in [-0.25, -0.2) is 17.9 Å². The number of ketones is 1. The molecule has 0 spiro atoms. The number of carbonyl (C=O) groups is 4. The Labute approximate surface area is 238 Å². The lowest BCUT2D eigenvalue weighted by molar-refractivity contribution is -0.126. The minimum Gasteiger partial charge on any atom is -0.478 e. The minimum absolute atomic E-state index is 0.0150. The van der Waals surface area contributed by atoms with Crippen molar-refractivity contribution < 1.29 is 37.4 Å². The number of aromatic carboxylic acids is 1. The number of para-hydroxylation sites is 1. The zero-order valence-electron chi connectivity index (χ0n) is 22.5. The molecule has 0 aliphatic heterocycles. The normalized spacial score (nSPS) is 11.9. The van der Waals surface area contributed by atoms with Crippen molar-refractivity contribution in [1.29, 1.82) is 0 Å². The Hall–Kier alpha value is -4.55. The fourth-order valence-corrected chi connectivity index (χ4v) is 4.66. The second-order valence-corrected chi connectivity index (χ2v) is 11.3. The summed E-state index contributed by atoms with van der Waals surface area (Å²) in [4.78, 5) is 48.7. The molecule has 1 atom stereocenters. The van der Waals surface area contributed by atoms with Crippen molar-refractivity contribution in [3.8, 4) is 11.5 Å². The third-order valence-corrected chi connectivity index (χ3v) is 7.17. The van der Waals surface area contributed by atoms with Gasteiger partial charge in [0.15, 0.2) is 5.78 Å². The Morgan fingerprint density at radius 1 is 0.805 bits per heavy atom. The molecule has 0 aliphatic carbocycles. The average molecular weight is 582 g/mol. The van der Waals surface area contributed by atoms with E-state index in [-0.39, 0.29) is 28.4 Å². The van der Waals surface area contributed by atoms with Gasteiger partial charge >= 0.3 is 5.97 Å². The molecule has 0 saturated carbocycles. The second kappa shape index (κ2) is 14.2. The Bertz CT molecular complexity index is 1470. The minimum atomic E-state index is -4.00. The van der Waals surface area contributed by atoms with Crippen molar-refractivity contribution in [2.24, 2.45) is 5.92 Å². The summed E-state index contributed by atoms with van der Waals surface area (Å²) in [5, 5.41) is 14.1. The van der Waals surface area contributed by atoms with Gasteiger partial charge in [-0.1, -0.05) is 32.0 Å². The van der Waals surface area contributed by atoms with Gasteiger partial charge < -0.3 is 20.5 Å². The van der Waals surface area contributed by atoms with Crippen molar-refractivity contribution in [2.75, 3.05) is 13.1 Å². The number of amides is 2. The highest BCUT2D eigenvalue weighted by molar-refractivity contribution is 7.89. The van der Waals surface area contributed by atoms with E-state index in [0.717, 1.165) is 0 Å². The number of benzene rings is 3. The van der Waals surface area contributed by atoms with Crippen LogP contribution < -0.4 is 20.1 Å². The Balaban J connectivity index is 1.51. The molecule has 0 radical (unpaired) electrons. The molecule has 4 N–H and O–H groups in total. The van der Waals surface area contributed by atoms with E-state index in [0.29, 0.717) is 11.5 Å². The maximum atomic E-state index is 12.8. The summed E-state index contributed by atoms with van der Waals surface area (Å²) in [5.41, 5.74) is 0.183. The number of carboxylic acids is 1. The van der Waals surface area contributed by atoms with E-state index >= 15 is 0 Å². The van der Waals surface area contributed by atoms with Crippen LogP contribution in [0, 0.1) is 5.92 Å². The molecule has 2 amide bonds. The van der Waals surface area contributed by atoms with E-state index in [9.17, 15) is 27.6 Å². The third-order valence-electron chi connectivity index (χ3n) is 5.76. The predicted octanol–water partition coefficient (Wildman–Crippen LogP) is 2.99. The van der Waals surface area contributed by atoms with Gasteiger partial charge in [0.05, 0.1) is 23.5 Å². The standard InChI is InChI=1S/C29H31N3O8S/c1-19(2)16-26(32-27(34)20-8-10-21(11-9-20)29(36)37)28(35)30-17-22(33)18-31-41(38,39)25-14-12-24(13-15-25)40-23-6-4-3-5-7-23/h3-15,19,26,31H,16-18H2,1-2H3,(H,30,35)(H,32,34)(H,36,37)/t26-/m0/s1. The molecule has 3 aromatic rings. The van der Waals surface area contributed by atoms with E-state index in [2.05, 4.69) is 15.4 Å². The summed E-state index contributed by atoms with van der Waals surface area (Å²) in [6.07, 6.45) is 0.273. The lowest BCUT2D eigenvalue weighted by atomic mass is 10.0. The highest BCUT2D eigenvalue weighted by Crippen LogP contribution is 2.22. The number of Topliss-reactive ketones (excluding diaryl/α,β-unsaturated/α-hetero) is 1. The van der Waals surface area contributed by atoms with Gasteiger partial charge in [-0.2, -0.15) is 0 Å². The summed E-state index contributed by atoms with van der Waals surface area (Å²) in [5.74, 6) is -1.86. The van der Waals surface area contributed by atoms with E-state index in [1.165, 1.54) is 48.5 Å². The number of ether oxygens (including phenoxy) is 1. The van der Waals surface area contributed by atoms with Gasteiger partial charge in [0.25, 0.3) is 5.91 Å². The van der Waals surface area contributed by atoms with Crippen LogP contribution in [0.5, 0.6) is 11.5 Å². The van der Waals surface area contributed by atoms with Gasteiger partial charge in [-0.3, -0.25) is 14.4 Å². The number of carbonyl (C=O) groups excluding carboxylic acids is 3. The third kappa shape index (κ3) is 9.55. The van der Waals surface area contributed by atoms with Crippen molar-refractivity contribution in [3.63, 3.8) is 0 Å². The number of nitrogens with one attached hydrogen (secondary N) is 3. The zero-order valence-corrected chi connectivity index (χ0v) is 23.3. The van der Waals surface area contributed by atoms with Gasteiger partial charge in [-0.05, 0) is 73.0 Å². The summed E-state index contributed by atoms with van der Waals surface area (Å²) in [6, 6.07) is 18.9. The topological polar surface area (TPSA) is 168 Å². The van der Waals surface area contributed by atoms with Crippen molar-refractivity contribution >= 4 is 33.6 Å². The number of carboxylic acid groups (broad SMARTS) is 1. The van der Waals surface area contributed by atoms with Crippen LogP contribution in [0.3, 0.4) is 0 Å². The molecule has 0 bridgehead atoms. The molecule has 12 heteroatoms. The van der Waals surface area contributed by atoms with Crippen molar-refractivity contribution in [1.82, 2.24) is 15.4 Å². The smallest absolute Gasteiger partial charge is 0.335 e. The first kappa shape index (κ1) is 31.0. The van der Waals surface area contributed by atoms with E-state index in [1.54, 1.807) is 12.1 Å². The van der Waals surface area contributed by atoms with Crippen LogP contribution in [0.4, 0.5) is 0 Å². The molecule has 216 valence electrons. The molecule has 0 aliphatic rings. The summed E-state index contributed by atoms with van der Waals surface area (Å²) >= 11 is 0. The maximum Gasteiger partial charge on any atom is 0.335 e. The van der Waals surface area contributed by atoms with Gasteiger partial charge in [0.2, 0.25) is 15.9 Å². The van der Waals surface area contributed by atoms with E-state index in [1.807, 2.05) is 32.0 Å².